The minimum Gasteiger partial charge on any atom is -0.444 e. The number of allylic oxidation sites excluding steroid dienone is 2. The molecule has 0 aromatic heterocycles. The molecule has 3 aliphatic heterocycles. The zero-order valence-electron chi connectivity index (χ0n) is 13.4. The molecule has 22 heavy (non-hydrogen) atoms. The molecule has 0 radical (unpaired) electrons. The third-order valence-corrected chi connectivity index (χ3v) is 4.90. The van der Waals surface area contributed by atoms with Crippen molar-refractivity contribution in [1.29, 1.82) is 0 Å². The van der Waals surface area contributed by atoms with Crippen LogP contribution in [0.5, 0.6) is 0 Å². The number of nitrogens with zero attached hydrogens (tertiary/aromatic N) is 2. The molecule has 5 nitrogen and oxygen atoms in total. The molecule has 0 bridgehead atoms. The zero-order chi connectivity index (χ0) is 15.5. The number of carbonyl (C=O) groups excluding carboxylic acids is 1. The molecule has 4 aliphatic rings. The molecule has 3 heterocycles. The summed E-state index contributed by atoms with van der Waals surface area (Å²) in [6.07, 6.45) is 11.7. The van der Waals surface area contributed by atoms with Crippen molar-refractivity contribution in [2.24, 2.45) is 11.3 Å². The van der Waals surface area contributed by atoms with Crippen LogP contribution in [0.15, 0.2) is 36.3 Å². The van der Waals surface area contributed by atoms with Crippen LogP contribution in [0.2, 0.25) is 0 Å². The van der Waals surface area contributed by atoms with Crippen molar-refractivity contribution in [2.75, 3.05) is 13.1 Å². The SMILES string of the molecule is CC(C)(C)OC(=O)N1CC2CC2(C2=CN3C=CC=CC3N2)C1. The average Bonchev–Trinajstić information content (AvgIpc) is 2.85. The summed E-state index contributed by atoms with van der Waals surface area (Å²) >= 11 is 0. The maximum absolute atomic E-state index is 12.3. The molecule has 1 aliphatic carbocycles. The monoisotopic (exact) mass is 301 g/mol. The Morgan fingerprint density at radius 3 is 2.95 bits per heavy atom. The van der Waals surface area contributed by atoms with E-state index in [2.05, 4.69) is 34.8 Å². The Morgan fingerprint density at radius 2 is 2.23 bits per heavy atom. The van der Waals surface area contributed by atoms with Gasteiger partial charge in [0.15, 0.2) is 0 Å². The lowest BCUT2D eigenvalue weighted by molar-refractivity contribution is 0.0265. The molecule has 0 aromatic rings. The predicted octanol–water partition coefficient (Wildman–Crippen LogP) is 2.40. The van der Waals surface area contributed by atoms with Gasteiger partial charge in [0.1, 0.15) is 11.8 Å². The molecule has 3 unspecified atom stereocenters. The summed E-state index contributed by atoms with van der Waals surface area (Å²) in [7, 11) is 0. The van der Waals surface area contributed by atoms with E-state index in [0.717, 1.165) is 13.1 Å². The van der Waals surface area contributed by atoms with Crippen LogP contribution >= 0.6 is 0 Å². The van der Waals surface area contributed by atoms with Crippen molar-refractivity contribution in [2.45, 2.75) is 39.0 Å². The Kier molecular flexibility index (Phi) is 2.69. The van der Waals surface area contributed by atoms with E-state index < -0.39 is 5.60 Å². The summed E-state index contributed by atoms with van der Waals surface area (Å²) < 4.78 is 5.51. The molecule has 3 atom stereocenters. The van der Waals surface area contributed by atoms with Gasteiger partial charge in [-0.15, -0.1) is 0 Å². The Labute approximate surface area is 131 Å². The lowest BCUT2D eigenvalue weighted by Gasteiger charge is -2.26. The number of rotatable bonds is 1. The number of amides is 1. The van der Waals surface area contributed by atoms with Crippen LogP contribution in [-0.4, -0.2) is 40.7 Å². The molecular weight excluding hydrogens is 278 g/mol. The Morgan fingerprint density at radius 1 is 1.41 bits per heavy atom. The smallest absolute Gasteiger partial charge is 0.410 e. The molecule has 0 spiro atoms. The van der Waals surface area contributed by atoms with E-state index in [1.807, 2.05) is 31.7 Å². The van der Waals surface area contributed by atoms with Crippen LogP contribution in [-0.2, 0) is 4.74 Å². The van der Waals surface area contributed by atoms with Gasteiger partial charge in [-0.2, -0.15) is 0 Å². The van der Waals surface area contributed by atoms with Gasteiger partial charge in [-0.05, 0) is 45.3 Å². The molecule has 1 N–H and O–H groups in total. The van der Waals surface area contributed by atoms with E-state index in [1.54, 1.807) is 0 Å². The lowest BCUT2D eigenvalue weighted by atomic mass is 10.0. The quantitative estimate of drug-likeness (QED) is 0.808. The van der Waals surface area contributed by atoms with Gasteiger partial charge in [0, 0.05) is 36.6 Å². The maximum atomic E-state index is 12.3. The topological polar surface area (TPSA) is 44.8 Å². The number of fused-ring (bicyclic) bond motifs is 2. The Hall–Kier alpha value is -1.91. The summed E-state index contributed by atoms with van der Waals surface area (Å²) in [4.78, 5) is 16.3. The fourth-order valence-corrected chi connectivity index (χ4v) is 3.74. The molecular formula is C17H23N3O2. The number of piperidine rings is 1. The average molecular weight is 301 g/mol. The predicted molar refractivity (Wildman–Crippen MR) is 83.5 cm³/mol. The summed E-state index contributed by atoms with van der Waals surface area (Å²) in [5.74, 6) is 0.563. The molecule has 118 valence electrons. The van der Waals surface area contributed by atoms with E-state index in [-0.39, 0.29) is 17.7 Å². The van der Waals surface area contributed by atoms with E-state index in [9.17, 15) is 4.79 Å². The van der Waals surface area contributed by atoms with Crippen molar-refractivity contribution in [3.63, 3.8) is 0 Å². The first-order valence-corrected chi connectivity index (χ1v) is 7.97. The highest BCUT2D eigenvalue weighted by Crippen LogP contribution is 2.62. The van der Waals surface area contributed by atoms with Crippen molar-refractivity contribution in [3.05, 3.63) is 36.3 Å². The number of hydrogen-bond acceptors (Lipinski definition) is 4. The molecule has 2 fully saturated rings. The van der Waals surface area contributed by atoms with Gasteiger partial charge in [0.25, 0.3) is 0 Å². The largest absolute Gasteiger partial charge is 0.444 e. The molecule has 1 saturated heterocycles. The molecule has 1 saturated carbocycles. The Balaban J connectivity index is 1.46. The van der Waals surface area contributed by atoms with E-state index in [4.69, 9.17) is 4.74 Å². The standard InChI is InChI=1S/C17H23N3O2/c1-16(2,3)22-15(21)20-9-12-8-17(12,11-20)13-10-19-7-5-4-6-14(19)18-13/h4-7,10,12,14,18H,8-9,11H2,1-3H3. The third-order valence-electron chi connectivity index (χ3n) is 4.90. The second-order valence-corrected chi connectivity index (χ2v) is 7.72. The Bertz CT molecular complexity index is 602. The van der Waals surface area contributed by atoms with Gasteiger partial charge in [-0.25, -0.2) is 4.79 Å². The van der Waals surface area contributed by atoms with E-state index in [0.29, 0.717) is 5.92 Å². The van der Waals surface area contributed by atoms with Gasteiger partial charge in [-0.3, -0.25) is 0 Å². The number of hydrogen-bond donors (Lipinski definition) is 1. The highest BCUT2D eigenvalue weighted by Gasteiger charge is 2.64. The van der Waals surface area contributed by atoms with Crippen LogP contribution in [0.1, 0.15) is 27.2 Å². The summed E-state index contributed by atoms with van der Waals surface area (Å²) in [6, 6.07) is 0. The van der Waals surface area contributed by atoms with Crippen LogP contribution in [0.3, 0.4) is 0 Å². The van der Waals surface area contributed by atoms with E-state index in [1.165, 1.54) is 12.1 Å². The van der Waals surface area contributed by atoms with Gasteiger partial charge >= 0.3 is 6.09 Å². The second kappa shape index (κ2) is 4.31. The van der Waals surface area contributed by atoms with Gasteiger partial charge in [0.05, 0.1) is 0 Å². The normalized spacial score (nSPS) is 35.0. The number of ether oxygens (including phenoxy) is 1. The van der Waals surface area contributed by atoms with Crippen LogP contribution in [0, 0.1) is 11.3 Å². The number of likely N-dealkylation sites (tertiary alicyclic amines) is 1. The van der Waals surface area contributed by atoms with Crippen molar-refractivity contribution >= 4 is 6.09 Å². The highest BCUT2D eigenvalue weighted by atomic mass is 16.6. The van der Waals surface area contributed by atoms with Gasteiger partial charge in [-0.1, -0.05) is 6.08 Å². The molecule has 1 amide bonds. The number of nitrogens with one attached hydrogen (secondary N) is 1. The maximum Gasteiger partial charge on any atom is 0.410 e. The van der Waals surface area contributed by atoms with E-state index >= 15 is 0 Å². The van der Waals surface area contributed by atoms with Gasteiger partial charge < -0.3 is 19.9 Å². The fourth-order valence-electron chi connectivity index (χ4n) is 3.74. The number of carbonyl (C=O) groups is 1. The summed E-state index contributed by atoms with van der Waals surface area (Å²) in [5.41, 5.74) is 0.957. The van der Waals surface area contributed by atoms with Crippen LogP contribution < -0.4 is 5.32 Å². The molecule has 4 rings (SSSR count). The first-order valence-electron chi connectivity index (χ1n) is 7.97. The molecule has 0 aromatic carbocycles. The minimum atomic E-state index is -0.432. The molecule has 5 heteroatoms. The van der Waals surface area contributed by atoms with Crippen molar-refractivity contribution in [1.82, 2.24) is 15.1 Å². The minimum absolute atomic E-state index is 0.121. The van der Waals surface area contributed by atoms with Crippen molar-refractivity contribution in [3.8, 4) is 0 Å². The summed E-state index contributed by atoms with van der Waals surface area (Å²) in [5, 5.41) is 3.59. The first-order chi connectivity index (χ1) is 10.4. The highest BCUT2D eigenvalue weighted by molar-refractivity contribution is 5.69. The van der Waals surface area contributed by atoms with Crippen LogP contribution in [0.4, 0.5) is 4.79 Å². The first kappa shape index (κ1) is 13.7. The zero-order valence-corrected chi connectivity index (χ0v) is 13.4. The van der Waals surface area contributed by atoms with Crippen LogP contribution in [0.25, 0.3) is 0 Å². The lowest BCUT2D eigenvalue weighted by Crippen LogP contribution is -2.38. The third kappa shape index (κ3) is 2.11. The second-order valence-electron chi connectivity index (χ2n) is 7.72. The van der Waals surface area contributed by atoms with Gasteiger partial charge in [0.2, 0.25) is 0 Å². The summed E-state index contributed by atoms with van der Waals surface area (Å²) in [6.45, 7) is 7.31. The fraction of sp³-hybridized carbons (Fsp3) is 0.588. The van der Waals surface area contributed by atoms with Crippen molar-refractivity contribution < 1.29 is 9.53 Å².